The summed E-state index contributed by atoms with van der Waals surface area (Å²) >= 11 is 12.1. The zero-order valence-electron chi connectivity index (χ0n) is 14.1. The number of esters is 1. The van der Waals surface area contributed by atoms with Gasteiger partial charge in [0.05, 0.1) is 12.2 Å². The molecule has 0 bridgehead atoms. The molecule has 0 spiro atoms. The van der Waals surface area contributed by atoms with Gasteiger partial charge in [0.15, 0.2) is 5.58 Å². The number of benzene rings is 2. The van der Waals surface area contributed by atoms with Crippen LogP contribution in [0.4, 0.5) is 0 Å². The summed E-state index contributed by atoms with van der Waals surface area (Å²) < 4.78 is 11.3. The first-order chi connectivity index (χ1) is 13.0. The minimum Gasteiger partial charge on any atom is -0.457 e. The maximum absolute atomic E-state index is 12.4. The Hall–Kier alpha value is -2.12. The maximum Gasteiger partial charge on any atom is 0.338 e. The summed E-state index contributed by atoms with van der Waals surface area (Å²) in [5.74, 6) is -0.199. The second kappa shape index (κ2) is 7.48. The van der Waals surface area contributed by atoms with Crippen LogP contribution in [0, 0.1) is 5.92 Å². The molecule has 2 atom stereocenters. The number of aromatic nitrogens is 1. The number of halogens is 2. The van der Waals surface area contributed by atoms with Crippen molar-refractivity contribution in [1.29, 1.82) is 0 Å². The number of aliphatic hydroxyl groups is 1. The summed E-state index contributed by atoms with van der Waals surface area (Å²) in [6.07, 6.45) is -0.350. The smallest absolute Gasteiger partial charge is 0.338 e. The van der Waals surface area contributed by atoms with Crippen molar-refractivity contribution in [3.63, 3.8) is 0 Å². The minimum atomic E-state index is -0.465. The molecule has 0 unspecified atom stereocenters. The summed E-state index contributed by atoms with van der Waals surface area (Å²) in [5.41, 5.74) is 2.07. The number of carbonyl (C=O) groups is 1. The number of rotatable bonds is 4. The van der Waals surface area contributed by atoms with E-state index in [1.807, 2.05) is 0 Å². The quantitative estimate of drug-likeness (QED) is 0.644. The fourth-order valence-electron chi connectivity index (χ4n) is 3.09. The standard InChI is InChI=1S/C19H16Cl2N2O4/c20-13-3-11(4-14(21)6-13)18-23-15-2-1-10(5-16(15)26-18)19(25)27-17-8-22-7-12(17)9-24/h1-6,12,17,22,24H,7-9H2/t12-,17+/m0/s1. The molecule has 0 aliphatic carbocycles. The van der Waals surface area contributed by atoms with E-state index in [1.54, 1.807) is 36.4 Å². The highest BCUT2D eigenvalue weighted by Gasteiger charge is 2.30. The number of fused-ring (bicyclic) bond motifs is 1. The fraction of sp³-hybridized carbons (Fsp3) is 0.263. The molecule has 2 heterocycles. The van der Waals surface area contributed by atoms with Crippen LogP contribution in [0.15, 0.2) is 40.8 Å². The Morgan fingerprint density at radius 1 is 1.22 bits per heavy atom. The van der Waals surface area contributed by atoms with Crippen LogP contribution in [0.5, 0.6) is 0 Å². The van der Waals surface area contributed by atoms with E-state index in [-0.39, 0.29) is 18.6 Å². The predicted octanol–water partition coefficient (Wildman–Crippen LogP) is 3.54. The van der Waals surface area contributed by atoms with E-state index in [2.05, 4.69) is 10.3 Å². The maximum atomic E-state index is 12.4. The Morgan fingerprint density at radius 3 is 2.74 bits per heavy atom. The molecule has 1 saturated heterocycles. The number of carbonyl (C=O) groups excluding carboxylic acids is 1. The van der Waals surface area contributed by atoms with Gasteiger partial charge < -0.3 is 19.6 Å². The van der Waals surface area contributed by atoms with Crippen molar-refractivity contribution in [2.75, 3.05) is 19.7 Å². The molecule has 2 N–H and O–H groups in total. The molecule has 27 heavy (non-hydrogen) atoms. The average Bonchev–Trinajstić information content (AvgIpc) is 3.26. The Balaban J connectivity index is 1.60. The van der Waals surface area contributed by atoms with Gasteiger partial charge >= 0.3 is 5.97 Å². The minimum absolute atomic E-state index is 0.0301. The van der Waals surface area contributed by atoms with Gasteiger partial charge in [0, 0.05) is 34.6 Å². The van der Waals surface area contributed by atoms with Gasteiger partial charge in [-0.05, 0) is 36.4 Å². The lowest BCUT2D eigenvalue weighted by atomic mass is 10.1. The monoisotopic (exact) mass is 406 g/mol. The SMILES string of the molecule is O=C(O[C@@H]1CNC[C@H]1CO)c1ccc2nc(-c3cc(Cl)cc(Cl)c3)oc2c1. The van der Waals surface area contributed by atoms with Crippen molar-refractivity contribution in [2.24, 2.45) is 5.92 Å². The first-order valence-corrected chi connectivity index (χ1v) is 9.18. The van der Waals surface area contributed by atoms with E-state index in [9.17, 15) is 9.90 Å². The number of nitrogens with one attached hydrogen (secondary N) is 1. The van der Waals surface area contributed by atoms with E-state index in [1.165, 1.54) is 0 Å². The highest BCUT2D eigenvalue weighted by molar-refractivity contribution is 6.35. The van der Waals surface area contributed by atoms with Crippen molar-refractivity contribution in [1.82, 2.24) is 10.3 Å². The molecule has 0 saturated carbocycles. The number of aliphatic hydroxyl groups excluding tert-OH is 1. The number of hydrogen-bond donors (Lipinski definition) is 2. The van der Waals surface area contributed by atoms with Gasteiger partial charge in [-0.15, -0.1) is 0 Å². The van der Waals surface area contributed by atoms with Crippen LogP contribution in [-0.2, 0) is 4.74 Å². The third-order valence-corrected chi connectivity index (χ3v) is 4.94. The molecule has 1 fully saturated rings. The zero-order chi connectivity index (χ0) is 19.0. The van der Waals surface area contributed by atoms with Gasteiger partial charge in [0.2, 0.25) is 5.89 Å². The van der Waals surface area contributed by atoms with Crippen LogP contribution >= 0.6 is 23.2 Å². The predicted molar refractivity (Wildman–Crippen MR) is 102 cm³/mol. The first kappa shape index (κ1) is 18.3. The van der Waals surface area contributed by atoms with Crippen molar-refractivity contribution in [2.45, 2.75) is 6.10 Å². The van der Waals surface area contributed by atoms with E-state index in [0.717, 1.165) is 0 Å². The Morgan fingerprint density at radius 2 is 2.00 bits per heavy atom. The molecule has 6 nitrogen and oxygen atoms in total. The molecule has 3 aromatic rings. The lowest BCUT2D eigenvalue weighted by molar-refractivity contribution is 0.0179. The van der Waals surface area contributed by atoms with E-state index < -0.39 is 5.97 Å². The summed E-state index contributed by atoms with van der Waals surface area (Å²) in [4.78, 5) is 16.9. The second-order valence-electron chi connectivity index (χ2n) is 6.40. The van der Waals surface area contributed by atoms with Crippen LogP contribution in [0.1, 0.15) is 10.4 Å². The molecular formula is C19H16Cl2N2O4. The highest BCUT2D eigenvalue weighted by atomic mass is 35.5. The molecule has 140 valence electrons. The van der Waals surface area contributed by atoms with Gasteiger partial charge in [-0.25, -0.2) is 9.78 Å². The normalized spacial score (nSPS) is 19.5. The molecule has 0 radical (unpaired) electrons. The van der Waals surface area contributed by atoms with Gasteiger partial charge in [-0.2, -0.15) is 0 Å². The lowest BCUT2D eigenvalue weighted by Crippen LogP contribution is -2.28. The van der Waals surface area contributed by atoms with Gasteiger partial charge in [0.25, 0.3) is 0 Å². The van der Waals surface area contributed by atoms with Crippen LogP contribution in [-0.4, -0.2) is 41.9 Å². The molecule has 8 heteroatoms. The van der Waals surface area contributed by atoms with Crippen LogP contribution < -0.4 is 5.32 Å². The van der Waals surface area contributed by atoms with Crippen LogP contribution in [0.2, 0.25) is 10.0 Å². The number of oxazole rings is 1. The van der Waals surface area contributed by atoms with Gasteiger partial charge in [-0.3, -0.25) is 0 Å². The topological polar surface area (TPSA) is 84.6 Å². The molecule has 0 amide bonds. The summed E-state index contributed by atoms with van der Waals surface area (Å²) in [5, 5.41) is 13.4. The number of nitrogens with zero attached hydrogens (tertiary/aromatic N) is 1. The van der Waals surface area contributed by atoms with E-state index in [4.69, 9.17) is 32.4 Å². The van der Waals surface area contributed by atoms with Crippen molar-refractivity contribution < 1.29 is 19.1 Å². The Kier molecular flexibility index (Phi) is 5.06. The highest BCUT2D eigenvalue weighted by Crippen LogP contribution is 2.30. The number of ether oxygens (including phenoxy) is 1. The number of hydrogen-bond acceptors (Lipinski definition) is 6. The van der Waals surface area contributed by atoms with Gasteiger partial charge in [-0.1, -0.05) is 23.2 Å². The average molecular weight is 407 g/mol. The summed E-state index contributed by atoms with van der Waals surface area (Å²) in [6.45, 7) is 1.12. The van der Waals surface area contributed by atoms with Gasteiger partial charge in [0.1, 0.15) is 11.6 Å². The Labute approximate surface area is 165 Å². The largest absolute Gasteiger partial charge is 0.457 e. The fourth-order valence-corrected chi connectivity index (χ4v) is 3.61. The zero-order valence-corrected chi connectivity index (χ0v) is 15.6. The van der Waals surface area contributed by atoms with Crippen LogP contribution in [0.3, 0.4) is 0 Å². The molecule has 1 aliphatic heterocycles. The summed E-state index contributed by atoms with van der Waals surface area (Å²) in [7, 11) is 0. The van der Waals surface area contributed by atoms with Crippen LogP contribution in [0.25, 0.3) is 22.6 Å². The molecular weight excluding hydrogens is 391 g/mol. The molecule has 1 aliphatic rings. The second-order valence-corrected chi connectivity index (χ2v) is 7.28. The van der Waals surface area contributed by atoms with Crippen molar-refractivity contribution in [3.05, 3.63) is 52.0 Å². The van der Waals surface area contributed by atoms with Crippen molar-refractivity contribution in [3.8, 4) is 11.5 Å². The third-order valence-electron chi connectivity index (χ3n) is 4.50. The summed E-state index contributed by atoms with van der Waals surface area (Å²) in [6, 6.07) is 9.96. The first-order valence-electron chi connectivity index (χ1n) is 8.43. The molecule has 4 rings (SSSR count). The third kappa shape index (κ3) is 3.80. The van der Waals surface area contributed by atoms with Crippen molar-refractivity contribution >= 4 is 40.3 Å². The van der Waals surface area contributed by atoms with E-state index in [0.29, 0.717) is 51.3 Å². The molecule has 1 aromatic heterocycles. The van der Waals surface area contributed by atoms with E-state index >= 15 is 0 Å². The Bertz CT molecular complexity index is 984. The lowest BCUT2D eigenvalue weighted by Gasteiger charge is -2.16. The molecule has 2 aromatic carbocycles.